The topological polar surface area (TPSA) is 41.5 Å². The number of hydrogen-bond acceptors (Lipinski definition) is 3. The van der Waals surface area contributed by atoms with E-state index in [4.69, 9.17) is 9.84 Å². The molecule has 9 heavy (non-hydrogen) atoms. The summed E-state index contributed by atoms with van der Waals surface area (Å²) in [6, 6.07) is 0. The second kappa shape index (κ2) is 3.15. The average molecular weight is 130 g/mol. The molecule has 0 aliphatic carbocycles. The molecule has 0 spiro atoms. The maximum absolute atomic E-state index is 8.93. The van der Waals surface area contributed by atoms with Crippen LogP contribution in [0.25, 0.3) is 0 Å². The molecule has 53 valence electrons. The van der Waals surface area contributed by atoms with E-state index in [0.29, 0.717) is 12.7 Å². The summed E-state index contributed by atoms with van der Waals surface area (Å²) in [7, 11) is 0. The van der Waals surface area contributed by atoms with Gasteiger partial charge in [-0.05, 0) is 6.92 Å². The first kappa shape index (κ1) is 6.99. The maximum atomic E-state index is 8.93. The maximum Gasteiger partial charge on any atom is 0.120 e. The molecule has 1 atom stereocenters. The minimum Gasteiger partial charge on any atom is -0.384 e. The Hall–Kier alpha value is -0.120. The second-order valence-corrected chi connectivity index (χ2v) is 2.20. The first-order chi connectivity index (χ1) is 4.30. The highest BCUT2D eigenvalue weighted by molar-refractivity contribution is 4.84. The zero-order valence-corrected chi connectivity index (χ0v) is 5.55. The van der Waals surface area contributed by atoms with E-state index in [0.717, 1.165) is 13.1 Å². The second-order valence-electron chi connectivity index (χ2n) is 2.20. The summed E-state index contributed by atoms with van der Waals surface area (Å²) >= 11 is 0. The van der Waals surface area contributed by atoms with Crippen molar-refractivity contribution in [2.75, 3.05) is 19.7 Å². The first-order valence-corrected chi connectivity index (χ1v) is 3.15. The quantitative estimate of drug-likeness (QED) is 0.520. The van der Waals surface area contributed by atoms with Crippen molar-refractivity contribution in [2.45, 2.75) is 13.0 Å². The Balaban J connectivity index is 2.23. The van der Waals surface area contributed by atoms with Crippen molar-refractivity contribution in [3.8, 4) is 0 Å². The van der Waals surface area contributed by atoms with Crippen LogP contribution in [0, 0.1) is 6.10 Å². The van der Waals surface area contributed by atoms with Gasteiger partial charge in [-0.25, -0.2) is 0 Å². The third-order valence-corrected chi connectivity index (χ3v) is 1.39. The molecule has 0 aromatic heterocycles. The van der Waals surface area contributed by atoms with Gasteiger partial charge in [0.25, 0.3) is 0 Å². The van der Waals surface area contributed by atoms with Crippen molar-refractivity contribution in [1.82, 2.24) is 5.32 Å². The number of nitrogens with one attached hydrogen (secondary N) is 1. The zero-order chi connectivity index (χ0) is 6.69. The lowest BCUT2D eigenvalue weighted by Gasteiger charge is -2.24. The third-order valence-electron chi connectivity index (χ3n) is 1.39. The van der Waals surface area contributed by atoms with Crippen LogP contribution < -0.4 is 5.32 Å². The smallest absolute Gasteiger partial charge is 0.120 e. The predicted molar refractivity (Wildman–Crippen MR) is 33.5 cm³/mol. The van der Waals surface area contributed by atoms with E-state index >= 15 is 0 Å². The number of aliphatic hydroxyl groups is 1. The van der Waals surface area contributed by atoms with Crippen LogP contribution in [-0.2, 0) is 4.74 Å². The van der Waals surface area contributed by atoms with Crippen molar-refractivity contribution in [1.29, 1.82) is 0 Å². The van der Waals surface area contributed by atoms with Crippen LogP contribution in [0.1, 0.15) is 6.92 Å². The Labute approximate surface area is 55.0 Å². The normalized spacial score (nSPS) is 29.0. The van der Waals surface area contributed by atoms with Crippen LogP contribution in [-0.4, -0.2) is 30.9 Å². The lowest BCUT2D eigenvalue weighted by Crippen LogP contribution is -2.41. The number of rotatable bonds is 1. The molecule has 1 aliphatic heterocycles. The molecule has 1 unspecified atom stereocenters. The largest absolute Gasteiger partial charge is 0.384 e. The van der Waals surface area contributed by atoms with E-state index in [2.05, 4.69) is 5.32 Å². The van der Waals surface area contributed by atoms with Gasteiger partial charge in [0.15, 0.2) is 0 Å². The Morgan fingerprint density at radius 3 is 2.89 bits per heavy atom. The van der Waals surface area contributed by atoms with Gasteiger partial charge in [-0.15, -0.1) is 0 Å². The molecule has 1 radical (unpaired) electrons. The molecule has 3 heteroatoms. The van der Waals surface area contributed by atoms with E-state index in [1.165, 1.54) is 0 Å². The minimum atomic E-state index is -0.0845. The minimum absolute atomic E-state index is 0.0845. The van der Waals surface area contributed by atoms with E-state index in [1.54, 1.807) is 6.92 Å². The number of aliphatic hydroxyl groups excluding tert-OH is 1. The fourth-order valence-electron chi connectivity index (χ4n) is 0.834. The Bertz CT molecular complexity index is 79.1. The highest BCUT2D eigenvalue weighted by Crippen LogP contribution is 2.06. The molecule has 1 fully saturated rings. The zero-order valence-electron chi connectivity index (χ0n) is 5.55. The van der Waals surface area contributed by atoms with Gasteiger partial charge in [-0.1, -0.05) is 0 Å². The first-order valence-electron chi connectivity index (χ1n) is 3.15. The molecule has 3 nitrogen and oxygen atoms in total. The van der Waals surface area contributed by atoms with Crippen molar-refractivity contribution in [3.63, 3.8) is 0 Å². The third kappa shape index (κ3) is 1.93. The number of ether oxygens (including phenoxy) is 1. The van der Waals surface area contributed by atoms with E-state index in [-0.39, 0.29) is 6.10 Å². The summed E-state index contributed by atoms with van der Waals surface area (Å²) in [6.45, 7) is 3.99. The van der Waals surface area contributed by atoms with Crippen LogP contribution in [0.5, 0.6) is 0 Å². The van der Waals surface area contributed by atoms with E-state index in [1.807, 2.05) is 0 Å². The summed E-state index contributed by atoms with van der Waals surface area (Å²) in [5.41, 5.74) is 0. The molecule has 1 aliphatic rings. The van der Waals surface area contributed by atoms with Crippen LogP contribution in [0.2, 0.25) is 0 Å². The molecule has 1 saturated heterocycles. The molecular formula is C6H12NO2. The lowest BCUT2D eigenvalue weighted by molar-refractivity contribution is 0.000156. The Kier molecular flexibility index (Phi) is 2.45. The molecule has 2 N–H and O–H groups in total. The molecule has 0 amide bonds. The van der Waals surface area contributed by atoms with Gasteiger partial charge in [0.2, 0.25) is 0 Å². The summed E-state index contributed by atoms with van der Waals surface area (Å²) in [5, 5.41) is 12.0. The van der Waals surface area contributed by atoms with Gasteiger partial charge in [0, 0.05) is 13.1 Å². The highest BCUT2D eigenvalue weighted by Gasteiger charge is 2.18. The van der Waals surface area contributed by atoms with Gasteiger partial charge in [0.05, 0.1) is 6.61 Å². The average Bonchev–Trinajstić information content (AvgIpc) is 1.90. The molecule has 1 heterocycles. The van der Waals surface area contributed by atoms with Gasteiger partial charge in [0.1, 0.15) is 12.2 Å². The monoisotopic (exact) mass is 130 g/mol. The summed E-state index contributed by atoms with van der Waals surface area (Å²) in [4.78, 5) is 0. The van der Waals surface area contributed by atoms with E-state index in [9.17, 15) is 0 Å². The molecule has 0 aromatic carbocycles. The van der Waals surface area contributed by atoms with Crippen LogP contribution in [0.3, 0.4) is 0 Å². The van der Waals surface area contributed by atoms with Gasteiger partial charge in [-0.2, -0.15) is 0 Å². The van der Waals surface area contributed by atoms with Crippen LogP contribution >= 0.6 is 0 Å². The fraction of sp³-hybridized carbons (Fsp3) is 0.833. The predicted octanol–water partition coefficient (Wildman–Crippen LogP) is -0.101. The summed E-state index contributed by atoms with van der Waals surface area (Å²) in [6.07, 6.45) is 0.279. The number of hydrogen-bond donors (Lipinski definition) is 2. The van der Waals surface area contributed by atoms with Gasteiger partial charge >= 0.3 is 0 Å². The van der Waals surface area contributed by atoms with Gasteiger partial charge < -0.3 is 15.2 Å². The summed E-state index contributed by atoms with van der Waals surface area (Å²) in [5.74, 6) is 0. The Morgan fingerprint density at radius 2 is 2.56 bits per heavy atom. The SMILES string of the molecule is C[C](O)C1CNCCO1. The molecule has 0 saturated carbocycles. The molecule has 0 bridgehead atoms. The van der Waals surface area contributed by atoms with Crippen molar-refractivity contribution in [3.05, 3.63) is 6.10 Å². The Morgan fingerprint density at radius 1 is 1.78 bits per heavy atom. The molecular weight excluding hydrogens is 118 g/mol. The fourth-order valence-corrected chi connectivity index (χ4v) is 0.834. The molecule has 1 rings (SSSR count). The van der Waals surface area contributed by atoms with Gasteiger partial charge in [-0.3, -0.25) is 0 Å². The lowest BCUT2D eigenvalue weighted by atomic mass is 10.2. The van der Waals surface area contributed by atoms with E-state index < -0.39 is 0 Å². The standard InChI is InChI=1S/C6H12NO2/c1-5(8)6-4-7-2-3-9-6/h6-8H,2-4H2,1H3. The number of morpholine rings is 1. The van der Waals surface area contributed by atoms with Crippen molar-refractivity contribution in [2.24, 2.45) is 0 Å². The molecule has 0 aromatic rings. The van der Waals surface area contributed by atoms with Crippen molar-refractivity contribution < 1.29 is 9.84 Å². The van der Waals surface area contributed by atoms with Crippen LogP contribution in [0.4, 0.5) is 0 Å². The van der Waals surface area contributed by atoms with Crippen molar-refractivity contribution >= 4 is 0 Å². The highest BCUT2D eigenvalue weighted by atomic mass is 16.5. The van der Waals surface area contributed by atoms with Crippen LogP contribution in [0.15, 0.2) is 0 Å². The summed E-state index contributed by atoms with van der Waals surface area (Å²) < 4.78 is 5.19.